The lowest BCUT2D eigenvalue weighted by Gasteiger charge is -2.31. The fourth-order valence-electron chi connectivity index (χ4n) is 5.61. The van der Waals surface area contributed by atoms with Gasteiger partial charge in [-0.3, -0.25) is 0 Å². The van der Waals surface area contributed by atoms with Gasteiger partial charge in [-0.25, -0.2) is 0 Å². The van der Waals surface area contributed by atoms with Crippen molar-refractivity contribution in [1.82, 2.24) is 4.90 Å². The average molecular weight is 530 g/mol. The number of thiophene rings is 2. The highest BCUT2D eigenvalue weighted by atomic mass is 32.1. The summed E-state index contributed by atoms with van der Waals surface area (Å²) in [6.07, 6.45) is 22.5. The van der Waals surface area contributed by atoms with Crippen LogP contribution < -0.4 is 0 Å². The molecule has 2 aromatic heterocycles. The molecule has 0 saturated carbocycles. The Morgan fingerprint density at radius 2 is 1.22 bits per heavy atom. The summed E-state index contributed by atoms with van der Waals surface area (Å²) in [7, 11) is 0. The molecule has 0 radical (unpaired) electrons. The molecule has 3 rings (SSSR count). The predicted molar refractivity (Wildman–Crippen MR) is 161 cm³/mol. The fraction of sp³-hybridized carbons (Fsp3) is 0.688. The van der Waals surface area contributed by atoms with E-state index in [9.17, 15) is 5.11 Å². The summed E-state index contributed by atoms with van der Waals surface area (Å²) in [5.74, 6) is 0. The van der Waals surface area contributed by atoms with Crippen LogP contribution in [0.25, 0.3) is 5.57 Å². The van der Waals surface area contributed by atoms with E-state index in [2.05, 4.69) is 45.5 Å². The number of hydrogen-bond donors (Lipinski definition) is 1. The van der Waals surface area contributed by atoms with Gasteiger partial charge in [-0.15, -0.1) is 0 Å². The van der Waals surface area contributed by atoms with Crippen LogP contribution in [0.2, 0.25) is 0 Å². The lowest BCUT2D eigenvalue weighted by atomic mass is 9.91. The molecule has 1 N–H and O–H groups in total. The highest BCUT2D eigenvalue weighted by Gasteiger charge is 2.21. The van der Waals surface area contributed by atoms with Crippen LogP contribution in [-0.4, -0.2) is 35.7 Å². The van der Waals surface area contributed by atoms with Crippen LogP contribution in [0.4, 0.5) is 0 Å². The molecule has 0 amide bonds. The van der Waals surface area contributed by atoms with E-state index in [0.717, 1.165) is 38.9 Å². The first-order valence-corrected chi connectivity index (χ1v) is 16.8. The summed E-state index contributed by atoms with van der Waals surface area (Å²) in [4.78, 5) is 2.48. The first-order valence-electron chi connectivity index (χ1n) is 15.0. The first kappa shape index (κ1) is 29.6. The van der Waals surface area contributed by atoms with Gasteiger partial charge in [-0.05, 0) is 69.6 Å². The molecule has 1 fully saturated rings. The number of aliphatic hydroxyl groups is 1. The van der Waals surface area contributed by atoms with Gasteiger partial charge in [-0.2, -0.15) is 22.7 Å². The minimum atomic E-state index is -0.166. The van der Waals surface area contributed by atoms with Crippen LogP contribution in [-0.2, 0) is 0 Å². The third kappa shape index (κ3) is 11.2. The Labute approximate surface area is 229 Å². The molecular weight excluding hydrogens is 478 g/mol. The van der Waals surface area contributed by atoms with E-state index < -0.39 is 0 Å². The molecule has 2 nitrogen and oxygen atoms in total. The van der Waals surface area contributed by atoms with Crippen molar-refractivity contribution in [3.8, 4) is 0 Å². The molecule has 1 saturated heterocycles. The van der Waals surface area contributed by atoms with Crippen molar-refractivity contribution in [2.45, 2.75) is 122 Å². The molecule has 1 aliphatic rings. The van der Waals surface area contributed by atoms with Crippen molar-refractivity contribution < 1.29 is 5.11 Å². The van der Waals surface area contributed by atoms with Gasteiger partial charge in [0.2, 0.25) is 0 Å². The second kappa shape index (κ2) is 18.3. The van der Waals surface area contributed by atoms with Crippen LogP contribution >= 0.6 is 22.7 Å². The van der Waals surface area contributed by atoms with Gasteiger partial charge in [0.1, 0.15) is 0 Å². The molecule has 1 unspecified atom stereocenters. The molecule has 3 heterocycles. The second-order valence-electron chi connectivity index (χ2n) is 10.8. The summed E-state index contributed by atoms with van der Waals surface area (Å²) in [5, 5.41) is 19.6. The SMILES string of the molecule is CCCCCCCCCCCCCCCCC(O)CN1CCC(=C(c2ccsc2)c2ccsc2)CC1. The van der Waals surface area contributed by atoms with E-state index in [1.807, 2.05) is 0 Å². The zero-order chi connectivity index (χ0) is 25.3. The van der Waals surface area contributed by atoms with Crippen LogP contribution in [0.5, 0.6) is 0 Å². The van der Waals surface area contributed by atoms with E-state index in [4.69, 9.17) is 0 Å². The van der Waals surface area contributed by atoms with Crippen molar-refractivity contribution in [3.05, 3.63) is 50.4 Å². The number of nitrogens with zero attached hydrogens (tertiary/aromatic N) is 1. The first-order chi connectivity index (χ1) is 17.8. The maximum absolute atomic E-state index is 10.6. The second-order valence-corrected chi connectivity index (χ2v) is 12.4. The van der Waals surface area contributed by atoms with Gasteiger partial charge in [-0.1, -0.05) is 102 Å². The van der Waals surface area contributed by atoms with E-state index in [-0.39, 0.29) is 6.10 Å². The zero-order valence-electron chi connectivity index (χ0n) is 22.9. The van der Waals surface area contributed by atoms with E-state index in [0.29, 0.717) is 0 Å². The monoisotopic (exact) mass is 529 g/mol. The maximum atomic E-state index is 10.6. The Morgan fingerprint density at radius 1 is 0.750 bits per heavy atom. The predicted octanol–water partition coefficient (Wildman–Crippen LogP) is 9.94. The molecule has 0 aliphatic carbocycles. The Hall–Kier alpha value is -0.940. The summed E-state index contributed by atoms with van der Waals surface area (Å²) in [6, 6.07) is 4.52. The molecule has 0 bridgehead atoms. The number of β-amino-alcohol motifs (C(OH)–C–C–N with tert-alkyl or cyclic N) is 1. The largest absolute Gasteiger partial charge is 0.392 e. The summed E-state index contributed by atoms with van der Waals surface area (Å²) in [5.41, 5.74) is 5.80. The average Bonchev–Trinajstić information content (AvgIpc) is 3.61. The van der Waals surface area contributed by atoms with Crippen molar-refractivity contribution in [2.24, 2.45) is 0 Å². The number of likely N-dealkylation sites (tertiary alicyclic amines) is 1. The van der Waals surface area contributed by atoms with Gasteiger partial charge in [0.25, 0.3) is 0 Å². The molecule has 0 spiro atoms. The van der Waals surface area contributed by atoms with E-state index in [1.165, 1.54) is 107 Å². The molecule has 202 valence electrons. The smallest absolute Gasteiger partial charge is 0.0667 e. The van der Waals surface area contributed by atoms with Gasteiger partial charge >= 0.3 is 0 Å². The highest BCUT2D eigenvalue weighted by Crippen LogP contribution is 2.34. The molecule has 1 aliphatic heterocycles. The van der Waals surface area contributed by atoms with Gasteiger partial charge in [0, 0.05) is 19.6 Å². The van der Waals surface area contributed by atoms with Crippen LogP contribution in [0.1, 0.15) is 127 Å². The van der Waals surface area contributed by atoms with Crippen LogP contribution in [0.15, 0.2) is 39.2 Å². The number of piperidine rings is 1. The Morgan fingerprint density at radius 3 is 1.67 bits per heavy atom. The number of rotatable bonds is 19. The maximum Gasteiger partial charge on any atom is 0.0667 e. The quantitative estimate of drug-likeness (QED) is 0.183. The summed E-state index contributed by atoms with van der Waals surface area (Å²) < 4.78 is 0. The van der Waals surface area contributed by atoms with Crippen molar-refractivity contribution in [1.29, 1.82) is 0 Å². The van der Waals surface area contributed by atoms with Gasteiger partial charge < -0.3 is 10.0 Å². The minimum absolute atomic E-state index is 0.166. The fourth-order valence-corrected chi connectivity index (χ4v) is 6.90. The van der Waals surface area contributed by atoms with Gasteiger partial charge in [0.15, 0.2) is 0 Å². The summed E-state index contributed by atoms with van der Waals surface area (Å²) >= 11 is 3.57. The molecule has 36 heavy (non-hydrogen) atoms. The Kier molecular flexibility index (Phi) is 15.1. The lowest BCUT2D eigenvalue weighted by molar-refractivity contribution is 0.0987. The molecule has 1 atom stereocenters. The van der Waals surface area contributed by atoms with Crippen LogP contribution in [0.3, 0.4) is 0 Å². The number of unbranched alkanes of at least 4 members (excludes halogenated alkanes) is 13. The molecule has 0 aromatic carbocycles. The Bertz CT molecular complexity index is 765. The number of hydrogen-bond acceptors (Lipinski definition) is 4. The zero-order valence-corrected chi connectivity index (χ0v) is 24.5. The number of aliphatic hydroxyl groups excluding tert-OH is 1. The van der Waals surface area contributed by atoms with Crippen molar-refractivity contribution in [3.63, 3.8) is 0 Å². The third-order valence-corrected chi connectivity index (χ3v) is 9.16. The lowest BCUT2D eigenvalue weighted by Crippen LogP contribution is -2.37. The van der Waals surface area contributed by atoms with Crippen molar-refractivity contribution in [2.75, 3.05) is 19.6 Å². The summed E-state index contributed by atoms with van der Waals surface area (Å²) in [6.45, 7) is 5.28. The minimum Gasteiger partial charge on any atom is -0.392 e. The standard InChI is InChI=1S/C32H51NOS2/c1-2-3-4-5-6-7-8-9-10-11-12-13-14-15-16-31(34)25-33-21-17-28(18-22-33)32(29-19-23-35-26-29)30-20-24-36-27-30/h19-20,23-24,26-27,31,34H,2-18,21-22,25H2,1H3. The highest BCUT2D eigenvalue weighted by molar-refractivity contribution is 7.08. The van der Waals surface area contributed by atoms with Crippen molar-refractivity contribution >= 4 is 28.2 Å². The molecule has 2 aromatic rings. The van der Waals surface area contributed by atoms with E-state index in [1.54, 1.807) is 28.2 Å². The third-order valence-electron chi connectivity index (χ3n) is 7.79. The molecular formula is C32H51NOS2. The van der Waals surface area contributed by atoms with Gasteiger partial charge in [0.05, 0.1) is 6.10 Å². The Balaban J connectivity index is 1.21. The molecule has 4 heteroatoms. The topological polar surface area (TPSA) is 23.5 Å². The van der Waals surface area contributed by atoms with Crippen LogP contribution in [0, 0.1) is 0 Å². The normalized spacial score (nSPS) is 15.4. The van der Waals surface area contributed by atoms with E-state index >= 15 is 0 Å².